The molecule has 3 heterocycles. The number of carbonyl (C=O) groups excluding carboxylic acids is 2. The van der Waals surface area contributed by atoms with Crippen molar-refractivity contribution in [2.75, 3.05) is 17.2 Å². The molecule has 2 aromatic carbocycles. The number of hydrogen-bond donors (Lipinski definition) is 3. The first kappa shape index (κ1) is 32.3. The Morgan fingerprint density at radius 3 is 2.29 bits per heavy atom. The van der Waals surface area contributed by atoms with Crippen molar-refractivity contribution >= 4 is 34.1 Å². The Morgan fingerprint density at radius 1 is 0.844 bits per heavy atom. The molecule has 1 aliphatic rings. The molecule has 0 bridgehead atoms. The largest absolute Gasteiger partial charge is 0.330 e. The fraction of sp³-hybridized carbons (Fsp3) is 0.394. The minimum absolute atomic E-state index is 0.127. The molecule has 0 saturated carbocycles. The summed E-state index contributed by atoms with van der Waals surface area (Å²) < 4.78 is 11.5. The lowest BCUT2D eigenvalue weighted by Crippen LogP contribution is -2.41. The standard InChI is InChI=1S/C33H39N7O4S/c1-32(2,3)44-33(22-43-33)34-21-25-13-9-12-24(18-25)20-29(42)36-31-40-39-30(45-31)15-8-7-14-26-16-17-27(38-37-26)35-28(41)19-23-10-5-4-6-11-23/h4-6,9-13,16-18,34H,7-8,14-15,19-22H2,1-3H3,(H,35,38,41)(H,36,40,42). The average Bonchev–Trinajstić information content (AvgIpc) is 3.60. The molecule has 236 valence electrons. The summed E-state index contributed by atoms with van der Waals surface area (Å²) in [4.78, 5) is 24.9. The molecule has 2 aromatic heterocycles. The highest BCUT2D eigenvalue weighted by Gasteiger charge is 2.49. The Bertz CT molecular complexity index is 1570. The lowest BCUT2D eigenvalue weighted by atomic mass is 10.1. The first-order chi connectivity index (χ1) is 21.6. The quantitative estimate of drug-likeness (QED) is 0.0956. The zero-order valence-electron chi connectivity index (χ0n) is 25.8. The van der Waals surface area contributed by atoms with Gasteiger partial charge < -0.3 is 20.1 Å². The van der Waals surface area contributed by atoms with Crippen LogP contribution in [0.2, 0.25) is 0 Å². The van der Waals surface area contributed by atoms with Gasteiger partial charge in [-0.3, -0.25) is 14.9 Å². The molecule has 1 unspecified atom stereocenters. The van der Waals surface area contributed by atoms with Gasteiger partial charge in [0.2, 0.25) is 16.9 Å². The van der Waals surface area contributed by atoms with Crippen molar-refractivity contribution in [3.05, 3.63) is 94.1 Å². The lowest BCUT2D eigenvalue weighted by Gasteiger charge is -2.25. The van der Waals surface area contributed by atoms with Crippen molar-refractivity contribution in [2.45, 2.75) is 77.4 Å². The number of aromatic nitrogens is 4. The average molecular weight is 630 g/mol. The molecule has 5 rings (SSSR count). The molecule has 0 spiro atoms. The maximum absolute atomic E-state index is 12.7. The number of hydrogen-bond acceptors (Lipinski definition) is 10. The third kappa shape index (κ3) is 10.8. The number of carbonyl (C=O) groups is 2. The fourth-order valence-corrected chi connectivity index (χ4v) is 5.51. The van der Waals surface area contributed by atoms with Crippen molar-refractivity contribution in [3.8, 4) is 0 Å². The second-order valence-corrected chi connectivity index (χ2v) is 13.0. The molecule has 11 nitrogen and oxygen atoms in total. The molecule has 45 heavy (non-hydrogen) atoms. The second-order valence-electron chi connectivity index (χ2n) is 12.0. The molecule has 1 aliphatic heterocycles. The van der Waals surface area contributed by atoms with E-state index in [1.54, 1.807) is 6.07 Å². The van der Waals surface area contributed by atoms with Crippen LogP contribution in [0.25, 0.3) is 0 Å². The number of anilines is 2. The Balaban J connectivity index is 0.992. The second kappa shape index (κ2) is 14.8. The number of ether oxygens (including phenoxy) is 2. The van der Waals surface area contributed by atoms with E-state index < -0.39 is 5.91 Å². The van der Waals surface area contributed by atoms with Crippen LogP contribution >= 0.6 is 11.3 Å². The summed E-state index contributed by atoms with van der Waals surface area (Å²) in [5, 5.41) is 27.1. The van der Waals surface area contributed by atoms with E-state index in [0.29, 0.717) is 30.5 Å². The van der Waals surface area contributed by atoms with Crippen LogP contribution in [0, 0.1) is 0 Å². The Hall–Kier alpha value is -4.10. The smallest absolute Gasteiger partial charge is 0.253 e. The van der Waals surface area contributed by atoms with Gasteiger partial charge in [-0.15, -0.1) is 15.3 Å². The molecule has 12 heteroatoms. The highest BCUT2D eigenvalue weighted by Crippen LogP contribution is 2.31. The van der Waals surface area contributed by atoms with Crippen molar-refractivity contribution in [3.63, 3.8) is 0 Å². The predicted octanol–water partition coefficient (Wildman–Crippen LogP) is 4.84. The van der Waals surface area contributed by atoms with E-state index in [2.05, 4.69) is 36.3 Å². The van der Waals surface area contributed by atoms with Crippen LogP contribution in [0.1, 0.15) is 61.0 Å². The molecule has 1 fully saturated rings. The van der Waals surface area contributed by atoms with Crippen LogP contribution in [0.3, 0.4) is 0 Å². The van der Waals surface area contributed by atoms with Gasteiger partial charge in [-0.05, 0) is 68.9 Å². The third-order valence-electron chi connectivity index (χ3n) is 6.78. The van der Waals surface area contributed by atoms with Crippen molar-refractivity contribution < 1.29 is 19.1 Å². The van der Waals surface area contributed by atoms with Gasteiger partial charge in [-0.1, -0.05) is 65.9 Å². The van der Waals surface area contributed by atoms with Crippen molar-refractivity contribution in [1.29, 1.82) is 0 Å². The van der Waals surface area contributed by atoms with Gasteiger partial charge in [0.1, 0.15) is 11.6 Å². The van der Waals surface area contributed by atoms with Crippen LogP contribution in [0.15, 0.2) is 66.7 Å². The zero-order valence-corrected chi connectivity index (χ0v) is 26.7. The number of benzene rings is 2. The predicted molar refractivity (Wildman–Crippen MR) is 172 cm³/mol. The molecule has 3 N–H and O–H groups in total. The van der Waals surface area contributed by atoms with Gasteiger partial charge in [-0.2, -0.15) is 5.10 Å². The summed E-state index contributed by atoms with van der Waals surface area (Å²) in [6, 6.07) is 21.1. The van der Waals surface area contributed by atoms with E-state index in [1.165, 1.54) is 11.3 Å². The molecule has 4 aromatic rings. The van der Waals surface area contributed by atoms with Crippen LogP contribution in [-0.2, 0) is 51.3 Å². The SMILES string of the molecule is CC(C)(C)OC1(NCc2cccc(CC(=O)Nc3nnc(CCCCc4ccc(NC(=O)Cc5ccccc5)nn4)s3)c2)CO1. The summed E-state index contributed by atoms with van der Waals surface area (Å²) in [5.74, 6) is -0.558. The Kier molecular flexibility index (Phi) is 10.6. The number of rotatable bonds is 15. The number of amides is 2. The van der Waals surface area contributed by atoms with Gasteiger partial charge in [0.05, 0.1) is 24.1 Å². The maximum atomic E-state index is 12.7. The fourth-order valence-electron chi connectivity index (χ4n) is 4.71. The van der Waals surface area contributed by atoms with Crippen molar-refractivity contribution in [2.24, 2.45) is 0 Å². The van der Waals surface area contributed by atoms with E-state index in [9.17, 15) is 9.59 Å². The van der Waals surface area contributed by atoms with Gasteiger partial charge >= 0.3 is 0 Å². The minimum Gasteiger partial charge on any atom is -0.330 e. The van der Waals surface area contributed by atoms with Crippen molar-refractivity contribution in [1.82, 2.24) is 25.7 Å². The first-order valence-electron chi connectivity index (χ1n) is 15.1. The van der Waals surface area contributed by atoms with Gasteiger partial charge in [0, 0.05) is 13.0 Å². The number of epoxide rings is 1. The summed E-state index contributed by atoms with van der Waals surface area (Å²) in [6.45, 7) is 7.06. The van der Waals surface area contributed by atoms with Crippen LogP contribution in [-0.4, -0.2) is 50.3 Å². The van der Waals surface area contributed by atoms with Crippen LogP contribution < -0.4 is 16.0 Å². The van der Waals surface area contributed by atoms with E-state index in [0.717, 1.165) is 53.1 Å². The molecule has 1 atom stereocenters. The molecular formula is C33H39N7O4S. The summed E-state index contributed by atoms with van der Waals surface area (Å²) >= 11 is 1.39. The highest BCUT2D eigenvalue weighted by atomic mass is 32.1. The minimum atomic E-state index is -0.732. The maximum Gasteiger partial charge on any atom is 0.253 e. The number of unbranched alkanes of at least 4 members (excludes halogenated alkanes) is 1. The molecule has 1 saturated heterocycles. The molecule has 0 radical (unpaired) electrons. The highest BCUT2D eigenvalue weighted by molar-refractivity contribution is 7.15. The zero-order chi connectivity index (χ0) is 31.7. The summed E-state index contributed by atoms with van der Waals surface area (Å²) in [7, 11) is 0. The monoisotopic (exact) mass is 629 g/mol. The summed E-state index contributed by atoms with van der Waals surface area (Å²) in [5.41, 5.74) is 3.44. The van der Waals surface area contributed by atoms with Gasteiger partial charge in [-0.25, -0.2) is 0 Å². The Morgan fingerprint density at radius 2 is 1.56 bits per heavy atom. The van der Waals surface area contributed by atoms with Crippen LogP contribution in [0.4, 0.5) is 10.9 Å². The third-order valence-corrected chi connectivity index (χ3v) is 7.68. The van der Waals surface area contributed by atoms with E-state index in [4.69, 9.17) is 9.47 Å². The van der Waals surface area contributed by atoms with E-state index in [1.807, 2.05) is 81.4 Å². The van der Waals surface area contributed by atoms with Gasteiger partial charge in [0.15, 0.2) is 5.82 Å². The van der Waals surface area contributed by atoms with E-state index >= 15 is 0 Å². The number of nitrogens with one attached hydrogen (secondary N) is 3. The number of aryl methyl sites for hydroxylation is 2. The molecular weight excluding hydrogens is 590 g/mol. The van der Waals surface area contributed by atoms with Gasteiger partial charge in [0.25, 0.3) is 5.91 Å². The van der Waals surface area contributed by atoms with Crippen LogP contribution in [0.5, 0.6) is 0 Å². The first-order valence-corrected chi connectivity index (χ1v) is 15.9. The number of nitrogens with zero attached hydrogens (tertiary/aromatic N) is 4. The Labute approximate surface area is 267 Å². The molecule has 0 aliphatic carbocycles. The normalized spacial score (nSPS) is 15.9. The lowest BCUT2D eigenvalue weighted by molar-refractivity contribution is -0.145. The topological polar surface area (TPSA) is 144 Å². The van der Waals surface area contributed by atoms with E-state index in [-0.39, 0.29) is 23.8 Å². The molecule has 2 amide bonds. The summed E-state index contributed by atoms with van der Waals surface area (Å²) in [6.07, 6.45) is 3.84.